The predicted molar refractivity (Wildman–Crippen MR) is 94.5 cm³/mol. The number of nitro groups is 1. The van der Waals surface area contributed by atoms with E-state index in [9.17, 15) is 10.1 Å². The molecule has 0 amide bonds. The van der Waals surface area contributed by atoms with Crippen LogP contribution in [0.4, 0.5) is 5.69 Å². The Balaban J connectivity index is 2.01. The van der Waals surface area contributed by atoms with Gasteiger partial charge in [0.05, 0.1) is 25.4 Å². The predicted octanol–water partition coefficient (Wildman–Crippen LogP) is 2.60. The van der Waals surface area contributed by atoms with E-state index in [1.54, 1.807) is 0 Å². The number of nitrogens with one attached hydrogen (secondary N) is 1. The maximum Gasteiger partial charge on any atom is 0.311 e. The fourth-order valence-corrected chi connectivity index (χ4v) is 2.86. The molecule has 2 aromatic rings. The first-order valence-electron chi connectivity index (χ1n) is 7.78. The van der Waals surface area contributed by atoms with Crippen molar-refractivity contribution >= 4 is 24.1 Å². The SMILES string of the molecule is COc1cc(OC)c([N+](=O)[O-])cc1/C=N\n1c(C2CCCO2)n[nH]c1=S. The summed E-state index contributed by atoms with van der Waals surface area (Å²) in [6.07, 6.45) is 3.00. The lowest BCUT2D eigenvalue weighted by molar-refractivity contribution is -0.385. The van der Waals surface area contributed by atoms with E-state index in [2.05, 4.69) is 15.3 Å². The zero-order chi connectivity index (χ0) is 18.7. The van der Waals surface area contributed by atoms with Crippen LogP contribution in [0.25, 0.3) is 0 Å². The molecule has 1 fully saturated rings. The molecule has 0 spiro atoms. The van der Waals surface area contributed by atoms with Gasteiger partial charge in [-0.2, -0.15) is 14.9 Å². The van der Waals surface area contributed by atoms with Gasteiger partial charge in [0.15, 0.2) is 5.82 Å². The van der Waals surface area contributed by atoms with Gasteiger partial charge in [0.25, 0.3) is 0 Å². The van der Waals surface area contributed by atoms with E-state index in [0.717, 1.165) is 12.8 Å². The fourth-order valence-electron chi connectivity index (χ4n) is 2.67. The van der Waals surface area contributed by atoms with Crippen molar-refractivity contribution in [1.82, 2.24) is 14.9 Å². The average Bonchev–Trinajstić information content (AvgIpc) is 3.28. The summed E-state index contributed by atoms with van der Waals surface area (Å²) in [4.78, 5) is 10.7. The number of hydrogen-bond donors (Lipinski definition) is 1. The first-order valence-corrected chi connectivity index (χ1v) is 8.19. The smallest absolute Gasteiger partial charge is 0.311 e. The quantitative estimate of drug-likeness (QED) is 0.355. The van der Waals surface area contributed by atoms with Gasteiger partial charge in [-0.3, -0.25) is 15.2 Å². The van der Waals surface area contributed by atoms with Crippen molar-refractivity contribution < 1.29 is 19.1 Å². The Kier molecular flexibility index (Phi) is 5.28. The van der Waals surface area contributed by atoms with Gasteiger partial charge in [-0.1, -0.05) is 0 Å². The van der Waals surface area contributed by atoms with Gasteiger partial charge >= 0.3 is 5.69 Å². The average molecular weight is 379 g/mol. The van der Waals surface area contributed by atoms with Gasteiger partial charge in [-0.15, -0.1) is 0 Å². The number of nitrogens with zero attached hydrogens (tertiary/aromatic N) is 4. The Labute approximate surface area is 153 Å². The topological polar surface area (TPSA) is 117 Å². The molecule has 26 heavy (non-hydrogen) atoms. The summed E-state index contributed by atoms with van der Waals surface area (Å²) in [5, 5.41) is 22.4. The van der Waals surface area contributed by atoms with Crippen molar-refractivity contribution in [2.24, 2.45) is 5.10 Å². The fraction of sp³-hybridized carbons (Fsp3) is 0.400. The maximum absolute atomic E-state index is 11.2. The molecule has 0 aliphatic carbocycles. The Morgan fingerprint density at radius 2 is 2.23 bits per heavy atom. The van der Waals surface area contributed by atoms with Crippen LogP contribution >= 0.6 is 12.2 Å². The Morgan fingerprint density at radius 3 is 2.85 bits per heavy atom. The van der Waals surface area contributed by atoms with Gasteiger partial charge in [-0.05, 0) is 25.1 Å². The molecule has 138 valence electrons. The second-order valence-corrected chi connectivity index (χ2v) is 5.85. The molecule has 1 aliphatic rings. The highest BCUT2D eigenvalue weighted by atomic mass is 32.1. The molecule has 0 saturated carbocycles. The van der Waals surface area contributed by atoms with Crippen molar-refractivity contribution in [3.05, 3.63) is 38.4 Å². The van der Waals surface area contributed by atoms with Crippen LogP contribution in [-0.2, 0) is 4.74 Å². The maximum atomic E-state index is 11.2. The first kappa shape index (κ1) is 18.0. The van der Waals surface area contributed by atoms with Crippen LogP contribution in [0.1, 0.15) is 30.3 Å². The molecule has 1 unspecified atom stereocenters. The molecule has 10 nitrogen and oxygen atoms in total. The van der Waals surface area contributed by atoms with Crippen molar-refractivity contribution in [2.45, 2.75) is 18.9 Å². The summed E-state index contributed by atoms with van der Waals surface area (Å²) in [5.41, 5.74) is 0.214. The molecule has 0 bridgehead atoms. The molecule has 0 radical (unpaired) electrons. The van der Waals surface area contributed by atoms with Gasteiger partial charge in [0.2, 0.25) is 10.5 Å². The lowest BCUT2D eigenvalue weighted by Gasteiger charge is -2.09. The number of H-pyrrole nitrogens is 1. The van der Waals surface area contributed by atoms with E-state index in [4.69, 9.17) is 26.4 Å². The van der Waals surface area contributed by atoms with Crippen LogP contribution in [0.15, 0.2) is 17.2 Å². The van der Waals surface area contributed by atoms with E-state index in [-0.39, 0.29) is 17.5 Å². The number of benzene rings is 1. The third-order valence-electron chi connectivity index (χ3n) is 3.93. The van der Waals surface area contributed by atoms with Crippen LogP contribution < -0.4 is 9.47 Å². The standard InChI is InChI=1S/C15H17N5O5S/c1-23-12-7-13(24-2)10(20(21)22)6-9(12)8-16-19-14(17-18-15(19)26)11-4-3-5-25-11/h6-8,11H,3-5H2,1-2H3,(H,18,26)/b16-8-. The van der Waals surface area contributed by atoms with Gasteiger partial charge in [0, 0.05) is 24.3 Å². The third kappa shape index (κ3) is 3.44. The van der Waals surface area contributed by atoms with Crippen molar-refractivity contribution in [3.63, 3.8) is 0 Å². The Morgan fingerprint density at radius 1 is 1.46 bits per heavy atom. The largest absolute Gasteiger partial charge is 0.496 e. The number of ether oxygens (including phenoxy) is 3. The zero-order valence-electron chi connectivity index (χ0n) is 14.2. The molecule has 11 heteroatoms. The molecule has 1 N–H and O–H groups in total. The van der Waals surface area contributed by atoms with Crippen molar-refractivity contribution in [2.75, 3.05) is 20.8 Å². The highest BCUT2D eigenvalue weighted by Gasteiger charge is 2.24. The number of rotatable bonds is 6. The summed E-state index contributed by atoms with van der Waals surface area (Å²) >= 11 is 5.21. The third-order valence-corrected chi connectivity index (χ3v) is 4.20. The minimum absolute atomic E-state index is 0.101. The van der Waals surface area contributed by atoms with E-state index in [0.29, 0.717) is 28.5 Å². The summed E-state index contributed by atoms with van der Waals surface area (Å²) < 4.78 is 17.7. The molecule has 3 rings (SSSR count). The van der Waals surface area contributed by atoms with Crippen LogP contribution in [0.2, 0.25) is 0 Å². The molecular weight excluding hydrogens is 362 g/mol. The van der Waals surface area contributed by atoms with Gasteiger partial charge in [-0.25, -0.2) is 0 Å². The summed E-state index contributed by atoms with van der Waals surface area (Å²) in [6.45, 7) is 0.659. The normalized spacial score (nSPS) is 16.9. The number of nitro benzene ring substituents is 1. The van der Waals surface area contributed by atoms with E-state index in [1.165, 1.54) is 37.2 Å². The first-order chi connectivity index (χ1) is 12.5. The number of hydrogen-bond acceptors (Lipinski definition) is 8. The molecule has 2 heterocycles. The number of aromatic amines is 1. The zero-order valence-corrected chi connectivity index (χ0v) is 15.0. The minimum atomic E-state index is -0.531. The van der Waals surface area contributed by atoms with Crippen LogP contribution in [0, 0.1) is 14.9 Å². The summed E-state index contributed by atoms with van der Waals surface area (Å²) in [5.74, 6) is 1.04. The summed E-state index contributed by atoms with van der Waals surface area (Å²) in [6, 6.07) is 2.77. The highest BCUT2D eigenvalue weighted by molar-refractivity contribution is 7.71. The molecule has 1 aromatic carbocycles. The second kappa shape index (κ2) is 7.62. The van der Waals surface area contributed by atoms with Gasteiger partial charge in [0.1, 0.15) is 11.9 Å². The lowest BCUT2D eigenvalue weighted by atomic mass is 10.1. The van der Waals surface area contributed by atoms with Crippen LogP contribution in [0.5, 0.6) is 11.5 Å². The van der Waals surface area contributed by atoms with Gasteiger partial charge < -0.3 is 14.2 Å². The molecule has 1 aliphatic heterocycles. The number of methoxy groups -OCH3 is 2. The highest BCUT2D eigenvalue weighted by Crippen LogP contribution is 2.34. The molecule has 1 saturated heterocycles. The van der Waals surface area contributed by atoms with Crippen LogP contribution in [0.3, 0.4) is 0 Å². The van der Waals surface area contributed by atoms with E-state index in [1.807, 2.05) is 0 Å². The molecular formula is C15H17N5O5S. The minimum Gasteiger partial charge on any atom is -0.496 e. The van der Waals surface area contributed by atoms with E-state index >= 15 is 0 Å². The lowest BCUT2D eigenvalue weighted by Crippen LogP contribution is -2.06. The Bertz CT molecular complexity index is 900. The monoisotopic (exact) mass is 379 g/mol. The second-order valence-electron chi connectivity index (χ2n) is 5.47. The number of aromatic nitrogens is 3. The molecule has 1 aromatic heterocycles. The van der Waals surface area contributed by atoms with Crippen molar-refractivity contribution in [1.29, 1.82) is 0 Å². The Hall–Kier alpha value is -2.79. The van der Waals surface area contributed by atoms with Crippen molar-refractivity contribution in [3.8, 4) is 11.5 Å². The molecule has 1 atom stereocenters. The van der Waals surface area contributed by atoms with Crippen LogP contribution in [-0.4, -0.2) is 46.8 Å². The summed E-state index contributed by atoms with van der Waals surface area (Å²) in [7, 11) is 2.81. The van der Waals surface area contributed by atoms with E-state index < -0.39 is 4.92 Å².